The largest absolute Gasteiger partial charge is 0.355 e. The van der Waals surface area contributed by atoms with Crippen LogP contribution in [0.4, 0.5) is 0 Å². The van der Waals surface area contributed by atoms with Gasteiger partial charge in [0, 0.05) is 29.7 Å². The van der Waals surface area contributed by atoms with Crippen LogP contribution in [0.15, 0.2) is 65.7 Å². The van der Waals surface area contributed by atoms with Crippen molar-refractivity contribution >= 4 is 38.4 Å². The van der Waals surface area contributed by atoms with Crippen LogP contribution in [0.1, 0.15) is 24.8 Å². The van der Waals surface area contributed by atoms with Crippen molar-refractivity contribution in [2.75, 3.05) is 6.54 Å². The molecule has 1 amide bonds. The van der Waals surface area contributed by atoms with Gasteiger partial charge in [0.1, 0.15) is 6.04 Å². The molecule has 1 atom stereocenters. The Morgan fingerprint density at radius 3 is 2.70 bits per heavy atom. The van der Waals surface area contributed by atoms with Gasteiger partial charge in [0.05, 0.1) is 10.4 Å². The number of pyridine rings is 1. The normalized spacial score (nSPS) is 17.7. The van der Waals surface area contributed by atoms with Gasteiger partial charge in [-0.15, -0.1) is 0 Å². The number of sulfonamides is 1. The van der Waals surface area contributed by atoms with Crippen molar-refractivity contribution in [3.63, 3.8) is 0 Å². The summed E-state index contributed by atoms with van der Waals surface area (Å²) in [5.41, 5.74) is 1.56. The van der Waals surface area contributed by atoms with E-state index in [2.05, 4.69) is 10.3 Å². The molecule has 3 aromatic rings. The average molecular weight is 444 g/mol. The Balaban J connectivity index is 1.75. The zero-order chi connectivity index (χ0) is 21.1. The van der Waals surface area contributed by atoms with Crippen LogP contribution >= 0.6 is 11.6 Å². The highest BCUT2D eigenvalue weighted by Gasteiger charge is 2.36. The molecule has 1 aromatic heterocycles. The third kappa shape index (κ3) is 4.33. The fourth-order valence-electron chi connectivity index (χ4n) is 3.69. The van der Waals surface area contributed by atoms with Gasteiger partial charge >= 0.3 is 0 Å². The number of benzene rings is 2. The second kappa shape index (κ2) is 8.71. The SMILES string of the molecule is O=C1NCCCC[C@H]1N(Cc1ccc2cccnc2c1)S(=O)(=O)c1ccc(Cl)cc1. The Hall–Kier alpha value is -2.48. The summed E-state index contributed by atoms with van der Waals surface area (Å²) in [7, 11) is -3.92. The molecule has 4 rings (SSSR count). The first-order valence-corrected chi connectivity index (χ1v) is 11.7. The third-order valence-electron chi connectivity index (χ3n) is 5.28. The Labute approximate surface area is 180 Å². The topological polar surface area (TPSA) is 79.4 Å². The molecule has 30 heavy (non-hydrogen) atoms. The number of halogens is 1. The van der Waals surface area contributed by atoms with Gasteiger partial charge < -0.3 is 5.32 Å². The Kier molecular flexibility index (Phi) is 6.04. The molecule has 1 aliphatic heterocycles. The summed E-state index contributed by atoms with van der Waals surface area (Å²) >= 11 is 5.94. The smallest absolute Gasteiger partial charge is 0.244 e. The molecule has 156 valence electrons. The summed E-state index contributed by atoms with van der Waals surface area (Å²) in [5.74, 6) is -0.260. The number of carbonyl (C=O) groups is 1. The van der Waals surface area contributed by atoms with Crippen LogP contribution < -0.4 is 5.32 Å². The molecule has 0 aliphatic carbocycles. The second-order valence-electron chi connectivity index (χ2n) is 7.34. The van der Waals surface area contributed by atoms with Crippen molar-refractivity contribution in [1.29, 1.82) is 0 Å². The first-order chi connectivity index (χ1) is 14.4. The second-order valence-corrected chi connectivity index (χ2v) is 9.66. The van der Waals surface area contributed by atoms with Crippen molar-refractivity contribution in [2.45, 2.75) is 36.7 Å². The van der Waals surface area contributed by atoms with Gasteiger partial charge in [-0.25, -0.2) is 8.42 Å². The maximum atomic E-state index is 13.6. The summed E-state index contributed by atoms with van der Waals surface area (Å²) in [4.78, 5) is 17.2. The molecule has 6 nitrogen and oxygen atoms in total. The molecule has 8 heteroatoms. The molecule has 0 spiro atoms. The molecule has 1 saturated heterocycles. The number of hydrogen-bond donors (Lipinski definition) is 1. The van der Waals surface area contributed by atoms with E-state index in [1.807, 2.05) is 30.3 Å². The molecule has 1 fully saturated rings. The molecule has 1 aliphatic rings. The first-order valence-electron chi connectivity index (χ1n) is 9.84. The van der Waals surface area contributed by atoms with Gasteiger partial charge in [-0.1, -0.05) is 29.8 Å². The Morgan fingerprint density at radius 1 is 1.10 bits per heavy atom. The summed E-state index contributed by atoms with van der Waals surface area (Å²) in [5, 5.41) is 4.27. The summed E-state index contributed by atoms with van der Waals surface area (Å²) < 4.78 is 28.4. The lowest BCUT2D eigenvalue weighted by molar-refractivity contribution is -0.124. The van der Waals surface area contributed by atoms with Crippen LogP contribution in [0.3, 0.4) is 0 Å². The van der Waals surface area contributed by atoms with Crippen LogP contribution in [0.25, 0.3) is 10.9 Å². The van der Waals surface area contributed by atoms with Crippen LogP contribution in [0, 0.1) is 0 Å². The van der Waals surface area contributed by atoms with E-state index in [4.69, 9.17) is 11.6 Å². The highest BCUT2D eigenvalue weighted by atomic mass is 35.5. The number of nitrogens with zero attached hydrogens (tertiary/aromatic N) is 2. The first kappa shape index (κ1) is 20.8. The number of nitrogens with one attached hydrogen (secondary N) is 1. The molecule has 0 radical (unpaired) electrons. The van der Waals surface area contributed by atoms with Gasteiger partial charge in [0.2, 0.25) is 15.9 Å². The lowest BCUT2D eigenvalue weighted by Crippen LogP contribution is -2.48. The van der Waals surface area contributed by atoms with Crippen molar-refractivity contribution in [1.82, 2.24) is 14.6 Å². The van der Waals surface area contributed by atoms with E-state index in [0.29, 0.717) is 18.0 Å². The molecule has 0 unspecified atom stereocenters. The monoisotopic (exact) mass is 443 g/mol. The Morgan fingerprint density at radius 2 is 1.90 bits per heavy atom. The van der Waals surface area contributed by atoms with Gasteiger partial charge in [-0.2, -0.15) is 4.31 Å². The van der Waals surface area contributed by atoms with E-state index in [1.54, 1.807) is 18.3 Å². The summed E-state index contributed by atoms with van der Waals surface area (Å²) in [6.07, 6.45) is 3.78. The van der Waals surface area contributed by atoms with Crippen molar-refractivity contribution in [3.05, 3.63) is 71.4 Å². The number of carbonyl (C=O) groups excluding carboxylic acids is 1. The van der Waals surface area contributed by atoms with E-state index in [9.17, 15) is 13.2 Å². The summed E-state index contributed by atoms with van der Waals surface area (Å²) in [6, 6.07) is 14.7. The van der Waals surface area contributed by atoms with Crippen LogP contribution in [-0.4, -0.2) is 36.2 Å². The predicted molar refractivity (Wildman–Crippen MR) is 117 cm³/mol. The number of rotatable bonds is 5. The van der Waals surface area contributed by atoms with E-state index in [-0.39, 0.29) is 17.3 Å². The number of fused-ring (bicyclic) bond motifs is 1. The fourth-order valence-corrected chi connectivity index (χ4v) is 5.42. The molecular formula is C22H22ClN3O3S. The van der Waals surface area contributed by atoms with Crippen LogP contribution in [-0.2, 0) is 21.4 Å². The number of aromatic nitrogens is 1. The number of amides is 1. The average Bonchev–Trinajstić information content (AvgIpc) is 2.96. The van der Waals surface area contributed by atoms with Gasteiger partial charge in [0.25, 0.3) is 0 Å². The zero-order valence-electron chi connectivity index (χ0n) is 16.3. The molecule has 2 heterocycles. The third-order valence-corrected chi connectivity index (χ3v) is 7.40. The molecule has 0 bridgehead atoms. The molecule has 2 aromatic carbocycles. The zero-order valence-corrected chi connectivity index (χ0v) is 17.9. The van der Waals surface area contributed by atoms with E-state index in [1.165, 1.54) is 16.4 Å². The minimum Gasteiger partial charge on any atom is -0.355 e. The van der Waals surface area contributed by atoms with E-state index >= 15 is 0 Å². The van der Waals surface area contributed by atoms with Gasteiger partial charge in [-0.05, 0) is 61.2 Å². The molecule has 0 saturated carbocycles. The minimum atomic E-state index is -3.92. The fraction of sp³-hybridized carbons (Fsp3) is 0.273. The molecular weight excluding hydrogens is 422 g/mol. The van der Waals surface area contributed by atoms with E-state index < -0.39 is 16.1 Å². The van der Waals surface area contributed by atoms with Crippen molar-refractivity contribution in [2.24, 2.45) is 0 Å². The lowest BCUT2D eigenvalue weighted by atomic mass is 10.1. The van der Waals surface area contributed by atoms with Crippen LogP contribution in [0.2, 0.25) is 5.02 Å². The maximum Gasteiger partial charge on any atom is 0.244 e. The van der Waals surface area contributed by atoms with E-state index in [0.717, 1.165) is 29.3 Å². The van der Waals surface area contributed by atoms with Gasteiger partial charge in [-0.3, -0.25) is 9.78 Å². The maximum absolute atomic E-state index is 13.6. The highest BCUT2D eigenvalue weighted by molar-refractivity contribution is 7.89. The quantitative estimate of drug-likeness (QED) is 0.651. The molecule has 1 N–H and O–H groups in total. The lowest BCUT2D eigenvalue weighted by Gasteiger charge is -2.29. The highest BCUT2D eigenvalue weighted by Crippen LogP contribution is 2.26. The van der Waals surface area contributed by atoms with Crippen LogP contribution in [0.5, 0.6) is 0 Å². The van der Waals surface area contributed by atoms with Gasteiger partial charge in [0.15, 0.2) is 0 Å². The van der Waals surface area contributed by atoms with Crippen molar-refractivity contribution in [3.8, 4) is 0 Å². The standard InChI is InChI=1S/C22H22ClN3O3S/c23-18-8-10-19(11-9-18)30(28,29)26(21-5-1-2-12-25-22(21)27)15-16-6-7-17-4-3-13-24-20(17)14-16/h3-4,6-11,13-14,21H,1-2,5,12,15H2,(H,25,27)/t21-/m1/s1. The van der Waals surface area contributed by atoms with Crippen molar-refractivity contribution < 1.29 is 13.2 Å². The predicted octanol–water partition coefficient (Wildman–Crippen LogP) is 3.75. The number of hydrogen-bond acceptors (Lipinski definition) is 4. The Bertz CT molecular complexity index is 1170. The summed E-state index contributed by atoms with van der Waals surface area (Å²) in [6.45, 7) is 0.639. The minimum absolute atomic E-state index is 0.0789.